The zero-order valence-corrected chi connectivity index (χ0v) is 8.08. The molecule has 1 aliphatic carbocycles. The first kappa shape index (κ1) is 10.4. The van der Waals surface area contributed by atoms with E-state index in [9.17, 15) is 4.79 Å². The first-order chi connectivity index (χ1) is 4.25. The summed E-state index contributed by atoms with van der Waals surface area (Å²) in [7, 11) is 0. The van der Waals surface area contributed by atoms with Gasteiger partial charge in [0, 0.05) is 36.2 Å². The number of carboxylic acids is 1. The Morgan fingerprint density at radius 2 is 2.10 bits per heavy atom. The van der Waals surface area contributed by atoms with Crippen molar-refractivity contribution in [1.29, 1.82) is 0 Å². The van der Waals surface area contributed by atoms with Crippen LogP contribution in [0.1, 0.15) is 12.8 Å². The predicted octanol–water partition coefficient (Wildman–Crippen LogP) is -0.291. The normalized spacial score (nSPS) is 30.1. The minimum absolute atomic E-state index is 0. The molecule has 0 aromatic heterocycles. The van der Waals surface area contributed by atoms with E-state index < -0.39 is 5.97 Å². The molecule has 4 heteroatoms. The van der Waals surface area contributed by atoms with Gasteiger partial charge in [-0.15, -0.1) is 0 Å². The molecule has 3 nitrogen and oxygen atoms in total. The van der Waals surface area contributed by atoms with Gasteiger partial charge in [-0.05, 0) is 18.8 Å². The zero-order chi connectivity index (χ0) is 6.85. The second kappa shape index (κ2) is 4.34. The van der Waals surface area contributed by atoms with Crippen LogP contribution in [0.25, 0.3) is 0 Å². The van der Waals surface area contributed by atoms with E-state index in [1.54, 1.807) is 0 Å². The number of aliphatic carboxylic acids is 1. The summed E-state index contributed by atoms with van der Waals surface area (Å²) in [6, 6.07) is 0. The summed E-state index contributed by atoms with van der Waals surface area (Å²) in [5.41, 5.74) is 0. The van der Waals surface area contributed by atoms with Gasteiger partial charge in [0.2, 0.25) is 0 Å². The number of carboxylic acid groups (broad SMARTS) is 1. The number of carbonyl (C=O) groups is 1. The molecule has 2 N–H and O–H groups in total. The molecule has 0 aromatic rings. The molecule has 0 aromatic carbocycles. The van der Waals surface area contributed by atoms with Crippen LogP contribution >= 0.6 is 0 Å². The van der Waals surface area contributed by atoms with Crippen LogP contribution in [0.3, 0.4) is 0 Å². The Labute approximate surface area is 81.7 Å². The van der Waals surface area contributed by atoms with Gasteiger partial charge in [0.1, 0.15) is 0 Å². The van der Waals surface area contributed by atoms with Gasteiger partial charge in [-0.25, -0.2) is 0 Å². The maximum Gasteiger partial charge on any atom is 0.306 e. The molecule has 1 radical (unpaired) electrons. The Balaban J connectivity index is 0.000000810. The van der Waals surface area contributed by atoms with Crippen molar-refractivity contribution in [3.63, 3.8) is 0 Å². The minimum Gasteiger partial charge on any atom is -0.481 e. The van der Waals surface area contributed by atoms with Gasteiger partial charge >= 0.3 is 5.97 Å². The molecular formula is C6H10NaO3. The number of rotatable bonds is 2. The van der Waals surface area contributed by atoms with Gasteiger partial charge in [0.25, 0.3) is 0 Å². The molecule has 2 unspecified atom stereocenters. The van der Waals surface area contributed by atoms with Crippen molar-refractivity contribution in [3.8, 4) is 0 Å². The molecule has 1 saturated carbocycles. The summed E-state index contributed by atoms with van der Waals surface area (Å²) < 4.78 is 0. The summed E-state index contributed by atoms with van der Waals surface area (Å²) in [6.07, 6.45) is 1.61. The molecule has 2 atom stereocenters. The third-order valence-electron chi connectivity index (χ3n) is 1.97. The topological polar surface area (TPSA) is 57.5 Å². The molecule has 0 aliphatic heterocycles. The van der Waals surface area contributed by atoms with Gasteiger partial charge in [-0.1, -0.05) is 0 Å². The van der Waals surface area contributed by atoms with Gasteiger partial charge in [0.15, 0.2) is 0 Å². The maximum atomic E-state index is 10.2. The first-order valence-corrected chi connectivity index (χ1v) is 3.09. The SMILES string of the molecule is O=C(O)C1CCC1CO.[Na]. The van der Waals surface area contributed by atoms with E-state index in [4.69, 9.17) is 10.2 Å². The Morgan fingerprint density at radius 3 is 2.20 bits per heavy atom. The smallest absolute Gasteiger partial charge is 0.306 e. The van der Waals surface area contributed by atoms with E-state index in [0.29, 0.717) is 0 Å². The average Bonchev–Trinajstić information content (AvgIpc) is 1.61. The van der Waals surface area contributed by atoms with E-state index in [0.717, 1.165) is 12.8 Å². The van der Waals surface area contributed by atoms with Crippen LogP contribution < -0.4 is 0 Å². The van der Waals surface area contributed by atoms with Crippen LogP contribution in [0.5, 0.6) is 0 Å². The molecule has 1 aliphatic rings. The van der Waals surface area contributed by atoms with E-state index in [1.807, 2.05) is 0 Å². The Kier molecular flexibility index (Phi) is 4.52. The molecule has 0 saturated heterocycles. The molecule has 1 rings (SSSR count). The molecule has 0 bridgehead atoms. The van der Waals surface area contributed by atoms with Crippen molar-refractivity contribution in [2.24, 2.45) is 11.8 Å². The average molecular weight is 153 g/mol. The Bertz CT molecular complexity index is 124. The fraction of sp³-hybridized carbons (Fsp3) is 0.833. The summed E-state index contributed by atoms with van der Waals surface area (Å²) in [5.74, 6) is -1.00. The van der Waals surface area contributed by atoms with Gasteiger partial charge in [-0.2, -0.15) is 0 Å². The number of hydrogen-bond acceptors (Lipinski definition) is 2. The maximum absolute atomic E-state index is 10.2. The largest absolute Gasteiger partial charge is 0.481 e. The fourth-order valence-corrected chi connectivity index (χ4v) is 1.11. The van der Waals surface area contributed by atoms with Crippen molar-refractivity contribution in [3.05, 3.63) is 0 Å². The van der Waals surface area contributed by atoms with Crippen LogP contribution in [-0.4, -0.2) is 52.3 Å². The van der Waals surface area contributed by atoms with Crippen LogP contribution in [0, 0.1) is 11.8 Å². The first-order valence-electron chi connectivity index (χ1n) is 3.09. The zero-order valence-electron chi connectivity index (χ0n) is 6.08. The summed E-state index contributed by atoms with van der Waals surface area (Å²) >= 11 is 0. The van der Waals surface area contributed by atoms with Crippen molar-refractivity contribution < 1.29 is 15.0 Å². The third kappa shape index (κ3) is 1.95. The second-order valence-electron chi connectivity index (χ2n) is 2.46. The van der Waals surface area contributed by atoms with Crippen LogP contribution in [0.15, 0.2) is 0 Å². The summed E-state index contributed by atoms with van der Waals surface area (Å²) in [5, 5.41) is 17.0. The Morgan fingerprint density at radius 1 is 1.50 bits per heavy atom. The van der Waals surface area contributed by atoms with E-state index in [1.165, 1.54) is 0 Å². The predicted molar refractivity (Wildman–Crippen MR) is 36.7 cm³/mol. The molecule has 10 heavy (non-hydrogen) atoms. The van der Waals surface area contributed by atoms with Gasteiger partial charge in [0.05, 0.1) is 5.92 Å². The van der Waals surface area contributed by atoms with Crippen LogP contribution in [-0.2, 0) is 4.79 Å². The standard InChI is InChI=1S/C6H10O3.Na/c7-3-4-1-2-5(4)6(8)9;/h4-5,7H,1-3H2,(H,8,9);. The van der Waals surface area contributed by atoms with E-state index in [2.05, 4.69) is 0 Å². The third-order valence-corrected chi connectivity index (χ3v) is 1.97. The van der Waals surface area contributed by atoms with E-state index >= 15 is 0 Å². The number of aliphatic hydroxyl groups excluding tert-OH is 1. The van der Waals surface area contributed by atoms with Crippen molar-refractivity contribution in [1.82, 2.24) is 0 Å². The van der Waals surface area contributed by atoms with Crippen molar-refractivity contribution in [2.75, 3.05) is 6.61 Å². The van der Waals surface area contributed by atoms with Gasteiger partial charge < -0.3 is 10.2 Å². The number of hydrogen-bond donors (Lipinski definition) is 2. The van der Waals surface area contributed by atoms with Crippen molar-refractivity contribution >= 4 is 35.5 Å². The quantitative estimate of drug-likeness (QED) is 0.536. The molecule has 53 valence electrons. The summed E-state index contributed by atoms with van der Waals surface area (Å²) in [6.45, 7) is 0.0248. The fourth-order valence-electron chi connectivity index (χ4n) is 1.11. The second-order valence-corrected chi connectivity index (χ2v) is 2.46. The van der Waals surface area contributed by atoms with Crippen LogP contribution in [0.4, 0.5) is 0 Å². The molecule has 0 heterocycles. The van der Waals surface area contributed by atoms with Crippen molar-refractivity contribution in [2.45, 2.75) is 12.8 Å². The van der Waals surface area contributed by atoms with Gasteiger partial charge in [-0.3, -0.25) is 4.79 Å². The van der Waals surface area contributed by atoms with E-state index in [-0.39, 0.29) is 48.0 Å². The monoisotopic (exact) mass is 153 g/mol. The minimum atomic E-state index is -0.764. The Hall–Kier alpha value is 0.430. The molecular weight excluding hydrogens is 143 g/mol. The van der Waals surface area contributed by atoms with Crippen LogP contribution in [0.2, 0.25) is 0 Å². The molecule has 0 spiro atoms. The summed E-state index contributed by atoms with van der Waals surface area (Å²) in [4.78, 5) is 10.2. The molecule has 0 amide bonds. The molecule has 1 fully saturated rings. The number of aliphatic hydroxyl groups is 1.